The van der Waals surface area contributed by atoms with E-state index in [-0.39, 0.29) is 6.42 Å². The van der Waals surface area contributed by atoms with E-state index in [0.29, 0.717) is 6.54 Å². The highest BCUT2D eigenvalue weighted by atomic mass is 79.9. The molecule has 17 heavy (non-hydrogen) atoms. The summed E-state index contributed by atoms with van der Waals surface area (Å²) >= 11 is 3.47. The van der Waals surface area contributed by atoms with E-state index in [1.54, 1.807) is 10.9 Å². The first kappa shape index (κ1) is 11.9. The van der Waals surface area contributed by atoms with E-state index >= 15 is 0 Å². The standard InChI is InChI=1S/C12H11BrN2O2/c13-11-4-2-1-3-10(11)9-7-14-15(8-9)6-5-12(16)17/h1-4,7-8H,5-6H2,(H,16,17). The van der Waals surface area contributed by atoms with Crippen molar-refractivity contribution in [3.05, 3.63) is 41.1 Å². The van der Waals surface area contributed by atoms with Crippen LogP contribution in [0, 0.1) is 0 Å². The van der Waals surface area contributed by atoms with Crippen LogP contribution in [-0.2, 0) is 11.3 Å². The van der Waals surface area contributed by atoms with Crippen molar-refractivity contribution < 1.29 is 9.90 Å². The zero-order valence-corrected chi connectivity index (χ0v) is 10.6. The summed E-state index contributed by atoms with van der Waals surface area (Å²) in [5.41, 5.74) is 2.02. The molecule has 0 radical (unpaired) electrons. The van der Waals surface area contributed by atoms with Gasteiger partial charge in [0, 0.05) is 16.2 Å². The lowest BCUT2D eigenvalue weighted by molar-refractivity contribution is -0.137. The van der Waals surface area contributed by atoms with Crippen LogP contribution in [0.15, 0.2) is 41.1 Å². The Morgan fingerprint density at radius 3 is 2.88 bits per heavy atom. The summed E-state index contributed by atoms with van der Waals surface area (Å²) in [6.07, 6.45) is 3.67. The van der Waals surface area contributed by atoms with Gasteiger partial charge in [-0.1, -0.05) is 34.1 Å². The van der Waals surface area contributed by atoms with Gasteiger partial charge >= 0.3 is 5.97 Å². The van der Waals surface area contributed by atoms with Crippen molar-refractivity contribution in [2.75, 3.05) is 0 Å². The third-order valence-corrected chi connectivity index (χ3v) is 3.06. The first-order chi connectivity index (χ1) is 8.16. The van der Waals surface area contributed by atoms with Crippen LogP contribution in [0.2, 0.25) is 0 Å². The molecule has 4 nitrogen and oxygen atoms in total. The minimum absolute atomic E-state index is 0.0804. The zero-order valence-electron chi connectivity index (χ0n) is 9.01. The predicted octanol–water partition coefficient (Wildman–Crippen LogP) is 2.79. The lowest BCUT2D eigenvalue weighted by Crippen LogP contribution is -2.04. The van der Waals surface area contributed by atoms with E-state index in [4.69, 9.17) is 5.11 Å². The second kappa shape index (κ2) is 5.14. The lowest BCUT2D eigenvalue weighted by atomic mass is 10.1. The van der Waals surface area contributed by atoms with Crippen molar-refractivity contribution in [1.29, 1.82) is 0 Å². The largest absolute Gasteiger partial charge is 0.481 e. The number of carboxylic acid groups (broad SMARTS) is 1. The molecule has 0 atom stereocenters. The Hall–Kier alpha value is -1.62. The van der Waals surface area contributed by atoms with Gasteiger partial charge in [-0.3, -0.25) is 9.48 Å². The fraction of sp³-hybridized carbons (Fsp3) is 0.167. The van der Waals surface area contributed by atoms with Crippen molar-refractivity contribution in [3.8, 4) is 11.1 Å². The molecule has 0 saturated carbocycles. The third kappa shape index (κ3) is 2.94. The second-order valence-corrected chi connectivity index (χ2v) is 4.47. The molecular formula is C12H11BrN2O2. The number of aromatic nitrogens is 2. The molecule has 0 fully saturated rings. The van der Waals surface area contributed by atoms with Crippen molar-refractivity contribution in [2.24, 2.45) is 0 Å². The molecule has 0 bridgehead atoms. The van der Waals surface area contributed by atoms with Crippen molar-refractivity contribution in [3.63, 3.8) is 0 Å². The average molecular weight is 295 g/mol. The summed E-state index contributed by atoms with van der Waals surface area (Å²) in [6.45, 7) is 0.389. The summed E-state index contributed by atoms with van der Waals surface area (Å²) in [5, 5.41) is 12.7. The highest BCUT2D eigenvalue weighted by Gasteiger charge is 2.05. The maximum Gasteiger partial charge on any atom is 0.305 e. The van der Waals surface area contributed by atoms with Crippen molar-refractivity contribution in [1.82, 2.24) is 9.78 Å². The molecule has 2 rings (SSSR count). The van der Waals surface area contributed by atoms with Gasteiger partial charge in [0.05, 0.1) is 19.2 Å². The number of benzene rings is 1. The monoisotopic (exact) mass is 294 g/mol. The maximum atomic E-state index is 10.5. The molecule has 0 aliphatic rings. The Kier molecular flexibility index (Phi) is 3.58. The summed E-state index contributed by atoms with van der Waals surface area (Å²) < 4.78 is 2.64. The molecule has 1 heterocycles. The van der Waals surface area contributed by atoms with Gasteiger partial charge in [0.25, 0.3) is 0 Å². The van der Waals surface area contributed by atoms with E-state index in [9.17, 15) is 4.79 Å². The number of hydrogen-bond donors (Lipinski definition) is 1. The van der Waals surface area contributed by atoms with Gasteiger partial charge in [0.15, 0.2) is 0 Å². The number of hydrogen-bond acceptors (Lipinski definition) is 2. The molecule has 0 unspecified atom stereocenters. The zero-order chi connectivity index (χ0) is 12.3. The Balaban J connectivity index is 2.18. The molecule has 0 spiro atoms. The number of carboxylic acids is 1. The molecule has 0 amide bonds. The number of nitrogens with zero attached hydrogens (tertiary/aromatic N) is 2. The Bertz CT molecular complexity index is 537. The summed E-state index contributed by atoms with van der Waals surface area (Å²) in [7, 11) is 0. The van der Waals surface area contributed by atoms with Crippen LogP contribution in [0.4, 0.5) is 0 Å². The first-order valence-electron chi connectivity index (χ1n) is 5.16. The predicted molar refractivity (Wildman–Crippen MR) is 67.6 cm³/mol. The fourth-order valence-corrected chi connectivity index (χ4v) is 2.04. The van der Waals surface area contributed by atoms with Gasteiger partial charge in [0.2, 0.25) is 0 Å². The molecule has 1 aromatic heterocycles. The quantitative estimate of drug-likeness (QED) is 0.943. The molecule has 0 aliphatic carbocycles. The van der Waals surface area contributed by atoms with E-state index in [0.717, 1.165) is 15.6 Å². The highest BCUT2D eigenvalue weighted by molar-refractivity contribution is 9.10. The lowest BCUT2D eigenvalue weighted by Gasteiger charge is -2.00. The fourth-order valence-electron chi connectivity index (χ4n) is 1.53. The molecule has 0 aliphatic heterocycles. The van der Waals surface area contributed by atoms with Crippen LogP contribution < -0.4 is 0 Å². The van der Waals surface area contributed by atoms with Crippen LogP contribution in [0.25, 0.3) is 11.1 Å². The van der Waals surface area contributed by atoms with Gasteiger partial charge < -0.3 is 5.11 Å². The number of aryl methyl sites for hydroxylation is 1. The first-order valence-corrected chi connectivity index (χ1v) is 5.95. The van der Waals surface area contributed by atoms with E-state index in [2.05, 4.69) is 21.0 Å². The minimum atomic E-state index is -0.817. The summed E-state index contributed by atoms with van der Waals surface area (Å²) in [5.74, 6) is -0.817. The molecular weight excluding hydrogens is 284 g/mol. The van der Waals surface area contributed by atoms with Crippen LogP contribution >= 0.6 is 15.9 Å². The third-order valence-electron chi connectivity index (χ3n) is 2.37. The van der Waals surface area contributed by atoms with Gasteiger partial charge in [-0.05, 0) is 11.6 Å². The van der Waals surface area contributed by atoms with Crippen LogP contribution in [-0.4, -0.2) is 20.9 Å². The average Bonchev–Trinajstić information content (AvgIpc) is 2.75. The van der Waals surface area contributed by atoms with Gasteiger partial charge in [-0.15, -0.1) is 0 Å². The number of halogens is 1. The number of rotatable bonds is 4. The van der Waals surface area contributed by atoms with Crippen LogP contribution in [0.1, 0.15) is 6.42 Å². The van der Waals surface area contributed by atoms with Crippen LogP contribution in [0.3, 0.4) is 0 Å². The van der Waals surface area contributed by atoms with E-state index < -0.39 is 5.97 Å². The molecule has 0 saturated heterocycles. The van der Waals surface area contributed by atoms with Crippen molar-refractivity contribution >= 4 is 21.9 Å². The van der Waals surface area contributed by atoms with Gasteiger partial charge in [0.1, 0.15) is 0 Å². The van der Waals surface area contributed by atoms with Gasteiger partial charge in [-0.2, -0.15) is 5.10 Å². The van der Waals surface area contributed by atoms with Gasteiger partial charge in [-0.25, -0.2) is 0 Å². The molecule has 2 aromatic rings. The number of carbonyl (C=O) groups is 1. The number of aliphatic carboxylic acids is 1. The van der Waals surface area contributed by atoms with Crippen LogP contribution in [0.5, 0.6) is 0 Å². The maximum absolute atomic E-state index is 10.5. The van der Waals surface area contributed by atoms with E-state index in [1.807, 2.05) is 30.5 Å². The van der Waals surface area contributed by atoms with Crippen molar-refractivity contribution in [2.45, 2.75) is 13.0 Å². The topological polar surface area (TPSA) is 55.1 Å². The normalized spacial score (nSPS) is 10.4. The SMILES string of the molecule is O=C(O)CCn1cc(-c2ccccc2Br)cn1. The second-order valence-electron chi connectivity index (χ2n) is 3.62. The summed E-state index contributed by atoms with van der Waals surface area (Å²) in [6, 6.07) is 7.85. The summed E-state index contributed by atoms with van der Waals surface area (Å²) in [4.78, 5) is 10.5. The van der Waals surface area contributed by atoms with E-state index in [1.165, 1.54) is 0 Å². The Morgan fingerprint density at radius 2 is 2.18 bits per heavy atom. The molecule has 88 valence electrons. The Labute approximate surface area is 107 Å². The molecule has 1 N–H and O–H groups in total. The Morgan fingerprint density at radius 1 is 1.41 bits per heavy atom. The molecule has 1 aromatic carbocycles. The smallest absolute Gasteiger partial charge is 0.305 e. The molecule has 5 heteroatoms. The highest BCUT2D eigenvalue weighted by Crippen LogP contribution is 2.27. The minimum Gasteiger partial charge on any atom is -0.481 e.